The highest BCUT2D eigenvalue weighted by atomic mass is 32.2. The molecule has 9 N–H and O–H groups in total. The predicted molar refractivity (Wildman–Crippen MR) is 302 cm³/mol. The van der Waals surface area contributed by atoms with Crippen LogP contribution in [0.4, 0.5) is 0 Å². The highest BCUT2D eigenvalue weighted by molar-refractivity contribution is 8.04. The molecule has 2 aliphatic rings. The minimum absolute atomic E-state index is 0. The summed E-state index contributed by atoms with van der Waals surface area (Å²) in [6.45, 7) is 5.30. The largest absolute Gasteiger partial charge is 0.481 e. The fraction of sp³-hybridized carbons (Fsp3) is 0.809. The second kappa shape index (κ2) is 48.4. The lowest BCUT2D eigenvalue weighted by molar-refractivity contribution is -0.143. The van der Waals surface area contributed by atoms with Crippen molar-refractivity contribution < 1.29 is 56.1 Å². The topological polar surface area (TPSA) is 294 Å². The van der Waals surface area contributed by atoms with Crippen LogP contribution in [-0.2, 0) is 55.6 Å². The van der Waals surface area contributed by atoms with Crippen molar-refractivity contribution in [2.75, 3.05) is 48.4 Å². The number of carbonyl (C=O) groups is 9. The zero-order valence-corrected chi connectivity index (χ0v) is 47.0. The molecule has 0 radical (unpaired) electrons. The standard InChI is InChI=1S/C25H42NO5PS2.C13H22NO6P.C8H18N2S2.CH4.HNS/c1-3-4-15-33-23-12-13-24(23)34-16-5-6-22(30)21(11-7-18(2)27)26-25(31)14-10-19(28)8-9-20(29)17-32;15-9(3-1-2-8-21)4-6-11(16)14-10(13(19)20)5-7-12(17)18;9-3-5-11-7-1-2-8(7)12-6-4-10;;1-2/h21,23-24H,3-17,32H2,1-2H3,(H,26,31);10H,1-8,21H2,(H,14,16)(H,17,18)(H,19,20);7-8H,1-6,9-10H2;1H4;1H/t21-,23?,24?;10-;;;/m11.../s1/i17T;8T;;;/t17?,21-,23?,24?;8?,10-;;;. The van der Waals surface area contributed by atoms with Gasteiger partial charge in [-0.25, -0.2) is 9.57 Å². The van der Waals surface area contributed by atoms with Gasteiger partial charge in [0.2, 0.25) is 11.8 Å². The monoisotopic (exact) mass is 1120 g/mol. The summed E-state index contributed by atoms with van der Waals surface area (Å²) < 4.78 is 19.9. The van der Waals surface area contributed by atoms with Gasteiger partial charge in [-0.2, -0.15) is 47.0 Å². The fourth-order valence-corrected chi connectivity index (χ4v) is 12.6. The van der Waals surface area contributed by atoms with Crippen LogP contribution in [0.25, 0.3) is 0 Å². The number of unbranched alkanes of at least 4 members (excludes halogenated alkanes) is 1. The Bertz CT molecular complexity index is 1590. The molecule has 0 aromatic rings. The van der Waals surface area contributed by atoms with Gasteiger partial charge in [0, 0.05) is 131 Å². The molecule has 0 aliphatic heterocycles. The van der Waals surface area contributed by atoms with Gasteiger partial charge in [0.25, 0.3) is 0 Å². The van der Waals surface area contributed by atoms with Crippen LogP contribution >= 0.6 is 65.5 Å². The van der Waals surface area contributed by atoms with Crippen molar-refractivity contribution in [3.05, 3.63) is 0 Å². The van der Waals surface area contributed by atoms with E-state index < -0.39 is 42.0 Å². The first-order chi connectivity index (χ1) is 33.7. The highest BCUT2D eigenvalue weighted by Crippen LogP contribution is 2.41. The summed E-state index contributed by atoms with van der Waals surface area (Å²) in [4.78, 5) is 104. The molecule has 0 heterocycles. The average molecular weight is 1120 g/mol. The van der Waals surface area contributed by atoms with Crippen molar-refractivity contribution in [1.29, 1.82) is 4.78 Å². The summed E-state index contributed by atoms with van der Waals surface area (Å²) >= 11 is 11.4. The molecule has 0 spiro atoms. The molecule has 10 atom stereocenters. The van der Waals surface area contributed by atoms with E-state index in [0.717, 1.165) is 52.5 Å². The Labute approximate surface area is 448 Å². The number of Topliss-reactive ketones (excluding diaryl/α,β-unsaturated/α-hetero) is 5. The fourth-order valence-electron chi connectivity index (χ4n) is 6.35. The predicted octanol–water partition coefficient (Wildman–Crippen LogP) is 7.21. The lowest BCUT2D eigenvalue weighted by Crippen LogP contribution is -2.41. The molecule has 70 heavy (non-hydrogen) atoms. The van der Waals surface area contributed by atoms with E-state index >= 15 is 0 Å². The number of nitrogens with two attached hydrogens (primary N) is 2. The number of carboxylic acids is 2. The van der Waals surface area contributed by atoms with Crippen molar-refractivity contribution in [3.63, 3.8) is 0 Å². The molecular formula is C47H87N5O11P2S5. The first kappa shape index (κ1) is 68.4. The number of carboxylic acid groups (broad SMARTS) is 2. The first-order valence-corrected chi connectivity index (χ1v) is 29.7. The number of hydrogen-bond acceptors (Lipinski definition) is 17. The van der Waals surface area contributed by atoms with Crippen molar-refractivity contribution in [2.45, 2.75) is 189 Å². The van der Waals surface area contributed by atoms with Crippen LogP contribution in [0.1, 0.15) is 159 Å². The van der Waals surface area contributed by atoms with Gasteiger partial charge in [-0.1, -0.05) is 20.8 Å². The molecule has 0 aromatic carbocycles. The third-order valence-electron chi connectivity index (χ3n) is 10.6. The average Bonchev–Trinajstić information content (AvgIpc) is 3.30. The maximum atomic E-state index is 12.8. The Morgan fingerprint density at radius 1 is 0.614 bits per heavy atom. The van der Waals surface area contributed by atoms with E-state index in [9.17, 15) is 43.2 Å². The summed E-state index contributed by atoms with van der Waals surface area (Å²) in [6, 6.07) is -1.98. The summed E-state index contributed by atoms with van der Waals surface area (Å²) in [5.74, 6) is 0.176. The summed E-state index contributed by atoms with van der Waals surface area (Å²) in [6.07, 6.45) is 8.85. The molecule has 2 amide bonds. The number of thioether (sulfide) groups is 4. The van der Waals surface area contributed by atoms with E-state index in [0.29, 0.717) is 30.9 Å². The third kappa shape index (κ3) is 39.9. The lowest BCUT2D eigenvalue weighted by Gasteiger charge is -2.35. The van der Waals surface area contributed by atoms with Crippen LogP contribution in [0.15, 0.2) is 0 Å². The maximum Gasteiger partial charge on any atom is 0.326 e. The first-order valence-electron chi connectivity index (χ1n) is 24.9. The van der Waals surface area contributed by atoms with Gasteiger partial charge in [0.05, 0.1) is 6.04 Å². The van der Waals surface area contributed by atoms with Crippen molar-refractivity contribution in [1.82, 2.24) is 10.6 Å². The van der Waals surface area contributed by atoms with Crippen LogP contribution < -0.4 is 22.1 Å². The van der Waals surface area contributed by atoms with E-state index in [1.807, 2.05) is 35.3 Å². The van der Waals surface area contributed by atoms with Gasteiger partial charge < -0.3 is 37.1 Å². The summed E-state index contributed by atoms with van der Waals surface area (Å²) in [7, 11) is 4.40. The molecular weight excluding hydrogens is 1030 g/mol. The van der Waals surface area contributed by atoms with Gasteiger partial charge >= 0.3 is 11.9 Å². The van der Waals surface area contributed by atoms with Gasteiger partial charge in [-0.3, -0.25) is 33.6 Å². The molecule has 2 aliphatic carbocycles. The van der Waals surface area contributed by atoms with Gasteiger partial charge in [0.15, 0.2) is 5.78 Å². The van der Waals surface area contributed by atoms with Crippen molar-refractivity contribution in [2.24, 2.45) is 11.5 Å². The quantitative estimate of drug-likeness (QED) is 0.0236. The van der Waals surface area contributed by atoms with Gasteiger partial charge in [0.1, 0.15) is 29.2 Å². The highest BCUT2D eigenvalue weighted by Gasteiger charge is 2.32. The minimum atomic E-state index is -1.30. The molecule has 0 saturated heterocycles. The minimum Gasteiger partial charge on any atom is -0.481 e. The van der Waals surface area contributed by atoms with Crippen LogP contribution in [0.3, 0.4) is 0 Å². The lowest BCUT2D eigenvalue weighted by atomic mass is 9.99. The number of aliphatic carboxylic acids is 2. The molecule has 0 aromatic heterocycles. The Morgan fingerprint density at radius 3 is 1.46 bits per heavy atom. The van der Waals surface area contributed by atoms with E-state index in [4.69, 9.17) is 29.2 Å². The second-order valence-corrected chi connectivity index (χ2v) is 22.6. The van der Waals surface area contributed by atoms with Crippen LogP contribution in [0.2, 0.25) is 0 Å². The van der Waals surface area contributed by atoms with E-state index in [2.05, 4.69) is 60.2 Å². The maximum absolute atomic E-state index is 12.8. The number of carbonyl (C=O) groups excluding carboxylic acids is 7. The Kier molecular flexibility index (Phi) is 47.3. The number of ketones is 5. The Morgan fingerprint density at radius 2 is 1.04 bits per heavy atom. The zero-order chi connectivity index (χ0) is 54.1. The molecule has 2 rings (SSSR count). The van der Waals surface area contributed by atoms with Crippen LogP contribution in [0, 0.1) is 4.78 Å². The molecule has 0 bridgehead atoms. The van der Waals surface area contributed by atoms with E-state index in [-0.39, 0.29) is 107 Å². The smallest absolute Gasteiger partial charge is 0.326 e. The molecule has 406 valence electrons. The summed E-state index contributed by atoms with van der Waals surface area (Å²) in [5.41, 5.74) is 10.9. The zero-order valence-electron chi connectivity index (χ0n) is 42.6. The normalized spacial score (nSPS) is 18.5. The molecule has 2 fully saturated rings. The summed E-state index contributed by atoms with van der Waals surface area (Å²) in [5, 5.41) is 25.5. The Hall–Kier alpha value is -1.57. The number of amides is 2. The van der Waals surface area contributed by atoms with Gasteiger partial charge in [-0.15, -0.1) is 18.5 Å². The van der Waals surface area contributed by atoms with E-state index in [1.54, 1.807) is 0 Å². The van der Waals surface area contributed by atoms with Gasteiger partial charge in [-0.05, 0) is 88.8 Å². The molecule has 8 unspecified atom stereocenters. The van der Waals surface area contributed by atoms with Crippen LogP contribution in [-0.4, -0.2) is 144 Å². The molecule has 16 nitrogen and oxygen atoms in total. The van der Waals surface area contributed by atoms with Crippen LogP contribution in [0.5, 0.6) is 0 Å². The number of hydrogen-bond donors (Lipinski definition) is 7. The number of rotatable bonds is 39. The molecule has 2 saturated carbocycles. The van der Waals surface area contributed by atoms with Crippen molar-refractivity contribution in [3.8, 4) is 0 Å². The SMILES string of the molecule is C.N=S.NCCSC1CCC1SCCN.[3H]C(P)C(=O)CCC(=O)CCC(=O)N[C@H](CCC(C)=O)C(=O)CCCSC1CCC1SCCCC.[3H]C(P)CCCC(=O)CCC(=O)N[C@H](CCC(=O)O)C(=O)O. The number of nitrogens with one attached hydrogen (secondary N) is 3. The third-order valence-corrected chi connectivity index (χ3v) is 17.7. The molecule has 23 heteroatoms. The van der Waals surface area contributed by atoms with E-state index in [1.165, 1.54) is 51.2 Å². The Balaban J connectivity index is -0.00000109. The second-order valence-electron chi connectivity index (χ2n) is 16.4. The van der Waals surface area contributed by atoms with Crippen molar-refractivity contribution >= 4 is 131 Å².